The van der Waals surface area contributed by atoms with Crippen molar-refractivity contribution in [2.24, 2.45) is 0 Å². The molecule has 8 heteroatoms. The zero-order valence-electron chi connectivity index (χ0n) is 14.4. The third-order valence-corrected chi connectivity index (χ3v) is 6.03. The number of ether oxygens (including phenoxy) is 1. The summed E-state index contributed by atoms with van der Waals surface area (Å²) in [4.78, 5) is 11.8. The van der Waals surface area contributed by atoms with Crippen molar-refractivity contribution in [3.05, 3.63) is 59.1 Å². The van der Waals surface area contributed by atoms with E-state index in [-0.39, 0.29) is 11.3 Å². The van der Waals surface area contributed by atoms with Crippen LogP contribution in [0.2, 0.25) is 5.02 Å². The van der Waals surface area contributed by atoms with E-state index in [0.29, 0.717) is 22.9 Å². The van der Waals surface area contributed by atoms with Crippen LogP contribution < -0.4 is 4.74 Å². The number of hydrogen-bond donors (Lipinski definition) is 1. The second kappa shape index (κ2) is 8.53. The molecule has 0 unspecified atom stereocenters. The third-order valence-electron chi connectivity index (χ3n) is 3.90. The molecule has 1 N–H and O–H groups in total. The van der Waals surface area contributed by atoms with E-state index in [9.17, 15) is 18.3 Å². The van der Waals surface area contributed by atoms with E-state index in [4.69, 9.17) is 16.3 Å². The van der Waals surface area contributed by atoms with Crippen molar-refractivity contribution in [3.8, 4) is 5.75 Å². The van der Waals surface area contributed by atoms with Gasteiger partial charge in [-0.25, -0.2) is 8.42 Å². The summed E-state index contributed by atoms with van der Waals surface area (Å²) < 4.78 is 31.9. The van der Waals surface area contributed by atoms with Crippen LogP contribution in [0.25, 0.3) is 0 Å². The number of hydrogen-bond acceptors (Lipinski definition) is 4. The van der Waals surface area contributed by atoms with Crippen LogP contribution in [0.15, 0.2) is 53.4 Å². The normalized spacial score (nSPS) is 12.8. The molecule has 2 rings (SSSR count). The Bertz CT molecular complexity index is 867. The summed E-state index contributed by atoms with van der Waals surface area (Å²) >= 11 is 5.79. The summed E-state index contributed by atoms with van der Waals surface area (Å²) in [6, 6.07) is 11.3. The van der Waals surface area contributed by atoms with Crippen molar-refractivity contribution in [1.82, 2.24) is 4.31 Å². The summed E-state index contributed by atoms with van der Waals surface area (Å²) in [5, 5.41) is 10.0. The summed E-state index contributed by atoms with van der Waals surface area (Å²) in [7, 11) is -2.74. The summed E-state index contributed by atoms with van der Waals surface area (Å²) in [5.41, 5.74) is 0.625. The molecule has 0 aromatic heterocycles. The van der Waals surface area contributed by atoms with Gasteiger partial charge in [0.05, 0.1) is 11.5 Å². The Morgan fingerprint density at radius 2 is 1.81 bits per heavy atom. The quantitative estimate of drug-likeness (QED) is 0.740. The molecule has 0 amide bonds. The average Bonchev–Trinajstić information content (AvgIpc) is 2.60. The van der Waals surface area contributed by atoms with E-state index in [1.165, 1.54) is 31.3 Å². The molecule has 26 heavy (non-hydrogen) atoms. The highest BCUT2D eigenvalue weighted by atomic mass is 35.5. The highest BCUT2D eigenvalue weighted by Crippen LogP contribution is 2.24. The van der Waals surface area contributed by atoms with Gasteiger partial charge in [-0.2, -0.15) is 4.31 Å². The zero-order chi connectivity index (χ0) is 19.3. The van der Waals surface area contributed by atoms with Gasteiger partial charge in [-0.3, -0.25) is 4.79 Å². The van der Waals surface area contributed by atoms with Crippen LogP contribution in [0.1, 0.15) is 12.5 Å². The number of rotatable bonds is 8. The molecule has 0 aliphatic rings. The SMILES string of the molecule is CCOc1ccccc1C[C@@H](C(=O)O)N(C)S(=O)(=O)c1ccc(Cl)cc1. The van der Waals surface area contributed by atoms with Crippen LogP contribution in [0.4, 0.5) is 0 Å². The maximum absolute atomic E-state index is 12.8. The second-order valence-corrected chi connectivity index (χ2v) is 8.01. The predicted octanol–water partition coefficient (Wildman–Crippen LogP) is 3.06. The lowest BCUT2D eigenvalue weighted by molar-refractivity contribution is -0.141. The first-order valence-corrected chi connectivity index (χ1v) is 9.76. The molecule has 6 nitrogen and oxygen atoms in total. The van der Waals surface area contributed by atoms with Gasteiger partial charge in [0.15, 0.2) is 0 Å². The molecule has 0 aliphatic heterocycles. The smallest absolute Gasteiger partial charge is 0.322 e. The largest absolute Gasteiger partial charge is 0.494 e. The molecular weight excluding hydrogens is 378 g/mol. The molecule has 0 fully saturated rings. The van der Waals surface area contributed by atoms with E-state index < -0.39 is 22.0 Å². The van der Waals surface area contributed by atoms with E-state index in [1.807, 2.05) is 6.92 Å². The van der Waals surface area contributed by atoms with E-state index in [0.717, 1.165) is 4.31 Å². The van der Waals surface area contributed by atoms with Gasteiger partial charge in [-0.1, -0.05) is 29.8 Å². The molecule has 0 saturated carbocycles. The van der Waals surface area contributed by atoms with E-state index in [2.05, 4.69) is 0 Å². The topological polar surface area (TPSA) is 83.9 Å². The average molecular weight is 398 g/mol. The molecule has 0 spiro atoms. The lowest BCUT2D eigenvalue weighted by Crippen LogP contribution is -2.43. The van der Waals surface area contributed by atoms with Crippen LogP contribution in [-0.4, -0.2) is 43.5 Å². The lowest BCUT2D eigenvalue weighted by Gasteiger charge is -2.25. The van der Waals surface area contributed by atoms with Crippen LogP contribution >= 0.6 is 11.6 Å². The van der Waals surface area contributed by atoms with Crippen LogP contribution in [0, 0.1) is 0 Å². The molecular formula is C18H20ClNO5S. The Balaban J connectivity index is 2.35. The van der Waals surface area contributed by atoms with Gasteiger partial charge in [0.1, 0.15) is 11.8 Å². The minimum atomic E-state index is -3.99. The lowest BCUT2D eigenvalue weighted by atomic mass is 10.1. The molecule has 2 aromatic rings. The standard InChI is InChI=1S/C18H20ClNO5S/c1-3-25-17-7-5-4-6-13(17)12-16(18(21)22)20(2)26(23,24)15-10-8-14(19)9-11-15/h4-11,16H,3,12H2,1-2H3,(H,21,22)/t16-/m0/s1. The number of benzene rings is 2. The molecule has 140 valence electrons. The summed E-state index contributed by atoms with van der Waals surface area (Å²) in [6.07, 6.45) is -0.0190. The van der Waals surface area contributed by atoms with Gasteiger partial charge in [-0.15, -0.1) is 0 Å². The number of carboxylic acid groups (broad SMARTS) is 1. The Labute approximate surface area is 158 Å². The van der Waals surface area contributed by atoms with Gasteiger partial charge in [0.25, 0.3) is 0 Å². The number of carbonyl (C=O) groups is 1. The predicted molar refractivity (Wildman–Crippen MR) is 99.1 cm³/mol. The van der Waals surface area contributed by atoms with Crippen LogP contribution in [-0.2, 0) is 21.2 Å². The Hall–Kier alpha value is -2.09. The highest BCUT2D eigenvalue weighted by molar-refractivity contribution is 7.89. The minimum absolute atomic E-state index is 0.0190. The molecule has 0 saturated heterocycles. The highest BCUT2D eigenvalue weighted by Gasteiger charge is 2.33. The fourth-order valence-electron chi connectivity index (χ4n) is 2.49. The maximum atomic E-state index is 12.8. The Kier molecular flexibility index (Phi) is 6.63. The molecule has 0 bridgehead atoms. The van der Waals surface area contributed by atoms with Crippen molar-refractivity contribution in [2.45, 2.75) is 24.3 Å². The number of likely N-dealkylation sites (N-methyl/N-ethyl adjacent to an activating group) is 1. The van der Waals surface area contributed by atoms with Crippen molar-refractivity contribution in [3.63, 3.8) is 0 Å². The fraction of sp³-hybridized carbons (Fsp3) is 0.278. The fourth-order valence-corrected chi connectivity index (χ4v) is 3.93. The minimum Gasteiger partial charge on any atom is -0.494 e. The zero-order valence-corrected chi connectivity index (χ0v) is 16.0. The van der Waals surface area contributed by atoms with Gasteiger partial charge < -0.3 is 9.84 Å². The first-order chi connectivity index (χ1) is 12.3. The number of nitrogens with zero attached hydrogens (tertiary/aromatic N) is 1. The van der Waals surface area contributed by atoms with E-state index in [1.54, 1.807) is 24.3 Å². The van der Waals surface area contributed by atoms with Gasteiger partial charge in [-0.05, 0) is 42.8 Å². The summed E-state index contributed by atoms with van der Waals surface area (Å²) in [5.74, 6) is -0.699. The van der Waals surface area contributed by atoms with Gasteiger partial charge in [0.2, 0.25) is 10.0 Å². The van der Waals surface area contributed by atoms with Gasteiger partial charge in [0, 0.05) is 18.5 Å². The van der Waals surface area contributed by atoms with Crippen molar-refractivity contribution >= 4 is 27.6 Å². The molecule has 0 radical (unpaired) electrons. The van der Waals surface area contributed by atoms with Crippen molar-refractivity contribution in [1.29, 1.82) is 0 Å². The Morgan fingerprint density at radius 1 is 1.19 bits per heavy atom. The van der Waals surface area contributed by atoms with Crippen LogP contribution in [0.5, 0.6) is 5.75 Å². The monoisotopic (exact) mass is 397 g/mol. The maximum Gasteiger partial charge on any atom is 0.322 e. The number of halogens is 1. The van der Waals surface area contributed by atoms with Crippen molar-refractivity contribution in [2.75, 3.05) is 13.7 Å². The molecule has 2 aromatic carbocycles. The summed E-state index contributed by atoms with van der Waals surface area (Å²) in [6.45, 7) is 2.25. The first kappa shape index (κ1) is 20.2. The number of sulfonamides is 1. The number of carboxylic acids is 1. The first-order valence-electron chi connectivity index (χ1n) is 7.94. The molecule has 1 atom stereocenters. The Morgan fingerprint density at radius 3 is 2.38 bits per heavy atom. The number of para-hydroxylation sites is 1. The van der Waals surface area contributed by atoms with Gasteiger partial charge >= 0.3 is 5.97 Å². The van der Waals surface area contributed by atoms with Crippen molar-refractivity contribution < 1.29 is 23.1 Å². The molecule has 0 heterocycles. The van der Waals surface area contributed by atoms with Crippen LogP contribution in [0.3, 0.4) is 0 Å². The second-order valence-electron chi connectivity index (χ2n) is 5.57. The molecule has 0 aliphatic carbocycles. The third kappa shape index (κ3) is 4.55. The van der Waals surface area contributed by atoms with E-state index >= 15 is 0 Å². The number of aliphatic carboxylic acids is 1.